The van der Waals surface area contributed by atoms with Crippen LogP contribution in [0.25, 0.3) is 22.1 Å². The van der Waals surface area contributed by atoms with Crippen molar-refractivity contribution >= 4 is 38.0 Å². The van der Waals surface area contributed by atoms with E-state index < -0.39 is 0 Å². The molecule has 2 aromatic heterocycles. The summed E-state index contributed by atoms with van der Waals surface area (Å²) < 4.78 is 6.64. The minimum atomic E-state index is -0.216. The molecular formula is C22H20BrN3O2. The van der Waals surface area contributed by atoms with E-state index in [1.165, 1.54) is 5.56 Å². The molecule has 0 aliphatic carbocycles. The highest BCUT2D eigenvalue weighted by atomic mass is 79.9. The molecule has 1 aliphatic heterocycles. The van der Waals surface area contributed by atoms with Crippen LogP contribution in [0.15, 0.2) is 62.2 Å². The molecule has 0 spiro atoms. The van der Waals surface area contributed by atoms with Crippen LogP contribution in [-0.2, 0) is 6.54 Å². The van der Waals surface area contributed by atoms with E-state index in [-0.39, 0.29) is 5.56 Å². The smallest absolute Gasteiger partial charge is 0.294 e. The topological polar surface area (TPSA) is 62.1 Å². The van der Waals surface area contributed by atoms with Crippen LogP contribution in [0.2, 0.25) is 0 Å². The molecule has 28 heavy (non-hydrogen) atoms. The number of furan rings is 1. The van der Waals surface area contributed by atoms with Crippen LogP contribution < -0.4 is 5.56 Å². The fraction of sp³-hybridized carbons (Fsp3) is 0.273. The Balaban J connectivity index is 1.38. The Morgan fingerprint density at radius 2 is 1.93 bits per heavy atom. The normalized spacial score (nSPS) is 16.2. The van der Waals surface area contributed by atoms with Gasteiger partial charge in [0.2, 0.25) is 5.58 Å². The Bertz CT molecular complexity index is 1190. The number of aromatic nitrogens is 2. The number of halogens is 1. The molecule has 0 bridgehead atoms. The van der Waals surface area contributed by atoms with Gasteiger partial charge in [-0.2, -0.15) is 0 Å². The Morgan fingerprint density at radius 1 is 1.14 bits per heavy atom. The number of hydrogen-bond acceptors (Lipinski definition) is 4. The number of nitrogens with one attached hydrogen (secondary N) is 1. The zero-order valence-corrected chi connectivity index (χ0v) is 16.9. The van der Waals surface area contributed by atoms with Crippen LogP contribution in [0.5, 0.6) is 0 Å². The van der Waals surface area contributed by atoms with Crippen LogP contribution in [0.1, 0.15) is 30.1 Å². The second kappa shape index (κ2) is 7.18. The number of likely N-dealkylation sites (tertiary alicyclic amines) is 1. The minimum Gasteiger partial charge on any atom is -0.449 e. The monoisotopic (exact) mass is 437 g/mol. The third-order valence-corrected chi connectivity index (χ3v) is 6.06. The molecule has 5 rings (SSSR count). The van der Waals surface area contributed by atoms with Gasteiger partial charge in [0, 0.05) is 9.86 Å². The van der Waals surface area contributed by atoms with Gasteiger partial charge < -0.3 is 9.40 Å². The van der Waals surface area contributed by atoms with Gasteiger partial charge in [-0.05, 0) is 55.6 Å². The highest BCUT2D eigenvalue weighted by molar-refractivity contribution is 9.10. The average molecular weight is 438 g/mol. The summed E-state index contributed by atoms with van der Waals surface area (Å²) in [6, 6.07) is 16.4. The molecule has 1 aliphatic rings. The van der Waals surface area contributed by atoms with Crippen LogP contribution in [0.4, 0.5) is 0 Å². The Kier molecular flexibility index (Phi) is 4.53. The van der Waals surface area contributed by atoms with E-state index in [1.54, 1.807) is 0 Å². The van der Waals surface area contributed by atoms with Gasteiger partial charge >= 0.3 is 0 Å². The number of benzene rings is 2. The lowest BCUT2D eigenvalue weighted by atomic mass is 9.89. The lowest BCUT2D eigenvalue weighted by molar-refractivity contribution is 0.200. The summed E-state index contributed by atoms with van der Waals surface area (Å²) in [6.45, 7) is 2.64. The van der Waals surface area contributed by atoms with Gasteiger partial charge in [0.05, 0.1) is 6.54 Å². The third kappa shape index (κ3) is 3.27. The number of fused-ring (bicyclic) bond motifs is 3. The molecule has 1 fully saturated rings. The molecule has 0 amide bonds. The van der Waals surface area contributed by atoms with Crippen LogP contribution in [0, 0.1) is 0 Å². The molecule has 3 heterocycles. The predicted octanol–water partition coefficient (Wildman–Crippen LogP) is 4.81. The largest absolute Gasteiger partial charge is 0.449 e. The summed E-state index contributed by atoms with van der Waals surface area (Å²) in [6.07, 6.45) is 2.25. The van der Waals surface area contributed by atoms with Gasteiger partial charge in [0.15, 0.2) is 0 Å². The van der Waals surface area contributed by atoms with Crippen molar-refractivity contribution in [2.24, 2.45) is 0 Å². The second-order valence-corrected chi connectivity index (χ2v) is 8.31. The van der Waals surface area contributed by atoms with Crippen molar-refractivity contribution in [2.75, 3.05) is 13.1 Å². The fourth-order valence-corrected chi connectivity index (χ4v) is 4.47. The van der Waals surface area contributed by atoms with E-state index in [9.17, 15) is 4.79 Å². The summed E-state index contributed by atoms with van der Waals surface area (Å²) in [5.74, 6) is 1.31. The van der Waals surface area contributed by atoms with Crippen molar-refractivity contribution in [3.63, 3.8) is 0 Å². The van der Waals surface area contributed by atoms with E-state index in [2.05, 4.69) is 56.1 Å². The van der Waals surface area contributed by atoms with E-state index in [0.717, 1.165) is 35.8 Å². The maximum absolute atomic E-state index is 12.5. The van der Waals surface area contributed by atoms with Crippen molar-refractivity contribution in [1.29, 1.82) is 0 Å². The third-order valence-electron chi connectivity index (χ3n) is 5.57. The Morgan fingerprint density at radius 3 is 2.71 bits per heavy atom. The first-order valence-corrected chi connectivity index (χ1v) is 10.3. The van der Waals surface area contributed by atoms with Gasteiger partial charge in [-0.1, -0.05) is 46.3 Å². The number of rotatable bonds is 3. The maximum atomic E-state index is 12.5. The number of nitrogens with zero attached hydrogens (tertiary/aromatic N) is 2. The van der Waals surface area contributed by atoms with E-state index >= 15 is 0 Å². The van der Waals surface area contributed by atoms with Crippen molar-refractivity contribution in [2.45, 2.75) is 25.3 Å². The van der Waals surface area contributed by atoms with Crippen molar-refractivity contribution < 1.29 is 4.42 Å². The lowest BCUT2D eigenvalue weighted by Crippen LogP contribution is -2.33. The zero-order valence-electron chi connectivity index (χ0n) is 15.3. The minimum absolute atomic E-state index is 0.216. The SMILES string of the molecule is O=c1[nH]c(CN2CCC(c3ccccc3)CC2)nc2c1oc1ccc(Br)cc12. The van der Waals surface area contributed by atoms with E-state index in [0.29, 0.717) is 35.0 Å². The molecule has 0 atom stereocenters. The first kappa shape index (κ1) is 17.6. The molecular weight excluding hydrogens is 418 g/mol. The standard InChI is InChI=1S/C22H20BrN3O2/c23-16-6-7-18-17(12-16)20-21(28-18)22(27)25-19(24-20)13-26-10-8-15(9-11-26)14-4-2-1-3-5-14/h1-7,12,15H,8-11,13H2,(H,24,25,27). The Hall–Kier alpha value is -2.44. The molecule has 0 saturated carbocycles. The van der Waals surface area contributed by atoms with Crippen molar-refractivity contribution in [1.82, 2.24) is 14.9 Å². The second-order valence-electron chi connectivity index (χ2n) is 7.39. The number of piperidine rings is 1. The summed E-state index contributed by atoms with van der Waals surface area (Å²) in [5.41, 5.74) is 2.81. The summed E-state index contributed by atoms with van der Waals surface area (Å²) in [5, 5.41) is 0.861. The predicted molar refractivity (Wildman–Crippen MR) is 114 cm³/mol. The maximum Gasteiger partial charge on any atom is 0.294 e. The quantitative estimate of drug-likeness (QED) is 0.499. The van der Waals surface area contributed by atoms with E-state index in [1.807, 2.05) is 18.2 Å². The molecule has 1 saturated heterocycles. The molecule has 1 N–H and O–H groups in total. The summed E-state index contributed by atoms with van der Waals surface area (Å²) in [7, 11) is 0. The highest BCUT2D eigenvalue weighted by Gasteiger charge is 2.22. The van der Waals surface area contributed by atoms with Gasteiger partial charge in [-0.25, -0.2) is 4.98 Å². The summed E-state index contributed by atoms with van der Waals surface area (Å²) in [4.78, 5) is 22.5. The molecule has 6 heteroatoms. The average Bonchev–Trinajstić information content (AvgIpc) is 3.08. The van der Waals surface area contributed by atoms with Gasteiger partial charge in [-0.3, -0.25) is 9.69 Å². The summed E-state index contributed by atoms with van der Waals surface area (Å²) >= 11 is 3.48. The van der Waals surface area contributed by atoms with Gasteiger partial charge in [-0.15, -0.1) is 0 Å². The first-order valence-electron chi connectivity index (χ1n) is 9.55. The lowest BCUT2D eigenvalue weighted by Gasteiger charge is -2.31. The molecule has 0 unspecified atom stereocenters. The van der Waals surface area contributed by atoms with Gasteiger partial charge in [0.1, 0.15) is 16.9 Å². The first-order chi connectivity index (χ1) is 13.7. The number of hydrogen-bond donors (Lipinski definition) is 1. The molecule has 5 nitrogen and oxygen atoms in total. The molecule has 4 aromatic rings. The van der Waals surface area contributed by atoms with Crippen molar-refractivity contribution in [3.8, 4) is 0 Å². The fourth-order valence-electron chi connectivity index (χ4n) is 4.11. The van der Waals surface area contributed by atoms with Crippen LogP contribution in [-0.4, -0.2) is 28.0 Å². The van der Waals surface area contributed by atoms with Gasteiger partial charge in [0.25, 0.3) is 5.56 Å². The molecule has 2 aromatic carbocycles. The number of aromatic amines is 1. The molecule has 0 radical (unpaired) electrons. The van der Waals surface area contributed by atoms with Crippen molar-refractivity contribution in [3.05, 3.63) is 74.7 Å². The highest BCUT2D eigenvalue weighted by Crippen LogP contribution is 2.29. The molecule has 142 valence electrons. The van der Waals surface area contributed by atoms with Crippen LogP contribution in [0.3, 0.4) is 0 Å². The van der Waals surface area contributed by atoms with E-state index in [4.69, 9.17) is 9.40 Å². The van der Waals surface area contributed by atoms with Crippen LogP contribution >= 0.6 is 15.9 Å². The Labute approximate surface area is 170 Å². The number of H-pyrrole nitrogens is 1. The zero-order chi connectivity index (χ0) is 19.1.